The fourth-order valence-electron chi connectivity index (χ4n) is 2.58. The third kappa shape index (κ3) is 4.13. The quantitative estimate of drug-likeness (QED) is 0.614. The summed E-state index contributed by atoms with van der Waals surface area (Å²) < 4.78 is 32.7. The first-order chi connectivity index (χ1) is 12.9. The number of rotatable bonds is 7. The van der Waals surface area contributed by atoms with Gasteiger partial charge >= 0.3 is 0 Å². The van der Waals surface area contributed by atoms with Crippen LogP contribution >= 0.6 is 11.3 Å². The lowest BCUT2D eigenvalue weighted by molar-refractivity contribution is 0.0941. The maximum absolute atomic E-state index is 12.8. The molecule has 0 saturated carbocycles. The number of sulfonamides is 1. The van der Waals surface area contributed by atoms with E-state index in [0.717, 1.165) is 10.1 Å². The number of ether oxygens (including phenoxy) is 1. The van der Waals surface area contributed by atoms with Gasteiger partial charge in [0.25, 0.3) is 15.9 Å². The third-order valence-corrected chi connectivity index (χ3v) is 7.00. The van der Waals surface area contributed by atoms with Gasteiger partial charge in [-0.15, -0.1) is 11.3 Å². The van der Waals surface area contributed by atoms with Gasteiger partial charge in [0.1, 0.15) is 0 Å². The topological polar surface area (TPSA) is 75.7 Å². The molecular formula is C19H20N2O4S2. The molecule has 27 heavy (non-hydrogen) atoms. The van der Waals surface area contributed by atoms with Crippen LogP contribution in [-0.4, -0.2) is 41.6 Å². The second-order valence-electron chi connectivity index (χ2n) is 5.87. The molecule has 0 unspecified atom stereocenters. The van der Waals surface area contributed by atoms with Gasteiger partial charge in [0.2, 0.25) is 0 Å². The highest BCUT2D eigenvalue weighted by Crippen LogP contribution is 2.31. The number of methoxy groups -OCH3 is 1. The minimum atomic E-state index is -3.64. The molecule has 6 nitrogen and oxygen atoms in total. The van der Waals surface area contributed by atoms with Crippen LogP contribution < -0.4 is 9.62 Å². The minimum Gasteiger partial charge on any atom is -0.383 e. The van der Waals surface area contributed by atoms with Crippen molar-refractivity contribution in [2.45, 2.75) is 4.90 Å². The number of nitrogens with zero attached hydrogens (tertiary/aromatic N) is 1. The predicted octanol–water partition coefficient (Wildman–Crippen LogP) is 3.10. The zero-order valence-corrected chi connectivity index (χ0v) is 16.6. The van der Waals surface area contributed by atoms with Gasteiger partial charge in [0.15, 0.2) is 0 Å². The van der Waals surface area contributed by atoms with E-state index in [-0.39, 0.29) is 10.8 Å². The minimum absolute atomic E-state index is 0.167. The van der Waals surface area contributed by atoms with Crippen molar-refractivity contribution in [3.8, 4) is 0 Å². The van der Waals surface area contributed by atoms with Crippen LogP contribution in [0, 0.1) is 0 Å². The highest BCUT2D eigenvalue weighted by atomic mass is 32.2. The van der Waals surface area contributed by atoms with Crippen LogP contribution in [0.25, 0.3) is 10.1 Å². The van der Waals surface area contributed by atoms with Crippen LogP contribution in [-0.2, 0) is 14.8 Å². The summed E-state index contributed by atoms with van der Waals surface area (Å²) in [4.78, 5) is 13.0. The molecule has 1 N–H and O–H groups in total. The molecule has 3 rings (SSSR count). The number of carbonyl (C=O) groups excluding carboxylic acids is 1. The second-order valence-corrected chi connectivity index (χ2v) is 8.92. The van der Waals surface area contributed by atoms with Crippen LogP contribution in [0.5, 0.6) is 0 Å². The Balaban J connectivity index is 1.87. The molecule has 0 bridgehead atoms. The average molecular weight is 405 g/mol. The summed E-state index contributed by atoms with van der Waals surface area (Å²) in [5, 5.41) is 3.61. The van der Waals surface area contributed by atoms with E-state index in [9.17, 15) is 13.2 Å². The van der Waals surface area contributed by atoms with E-state index in [2.05, 4.69) is 5.32 Å². The van der Waals surface area contributed by atoms with Gasteiger partial charge in [0, 0.05) is 25.4 Å². The van der Waals surface area contributed by atoms with E-state index in [1.54, 1.807) is 55.6 Å². The Bertz CT molecular complexity index is 1050. The highest BCUT2D eigenvalue weighted by molar-refractivity contribution is 7.92. The first kappa shape index (κ1) is 19.3. The predicted molar refractivity (Wildman–Crippen MR) is 108 cm³/mol. The molecule has 1 amide bonds. The molecule has 0 saturated heterocycles. The van der Waals surface area contributed by atoms with Crippen molar-refractivity contribution in [2.24, 2.45) is 0 Å². The fourth-order valence-corrected chi connectivity index (χ4v) is 4.75. The van der Waals surface area contributed by atoms with Crippen molar-refractivity contribution in [3.63, 3.8) is 0 Å². The molecule has 0 radical (unpaired) electrons. The van der Waals surface area contributed by atoms with Crippen LogP contribution in [0.15, 0.2) is 59.5 Å². The van der Waals surface area contributed by atoms with Gasteiger partial charge in [-0.25, -0.2) is 8.42 Å². The Kier molecular flexibility index (Phi) is 5.79. The Labute approximate surface area is 162 Å². The van der Waals surface area contributed by atoms with E-state index in [4.69, 9.17) is 4.74 Å². The number of fused-ring (bicyclic) bond motifs is 1. The van der Waals surface area contributed by atoms with Crippen LogP contribution in [0.2, 0.25) is 0 Å². The number of anilines is 1. The summed E-state index contributed by atoms with van der Waals surface area (Å²) in [6.45, 7) is 0.885. The lowest BCUT2D eigenvalue weighted by atomic mass is 10.2. The number of benzene rings is 2. The zero-order chi connectivity index (χ0) is 19.4. The Morgan fingerprint density at radius 2 is 1.89 bits per heavy atom. The molecule has 0 spiro atoms. The summed E-state index contributed by atoms with van der Waals surface area (Å²) in [5.41, 5.74) is 0.537. The lowest BCUT2D eigenvalue weighted by Gasteiger charge is -2.19. The standard InChI is InChI=1S/C19H20N2O4S2/c1-21(27(23,24)16-6-4-3-5-7-16)15-8-9-17-14(12-15)13-18(26-17)19(22)20-10-11-25-2/h3-9,12-13H,10-11H2,1-2H3,(H,20,22). The fraction of sp³-hybridized carbons (Fsp3) is 0.211. The molecular weight excluding hydrogens is 384 g/mol. The number of hydrogen-bond donors (Lipinski definition) is 1. The van der Waals surface area contributed by atoms with Crippen molar-refractivity contribution in [3.05, 3.63) is 59.5 Å². The summed E-state index contributed by atoms with van der Waals surface area (Å²) in [6, 6.07) is 15.4. The molecule has 1 aromatic heterocycles. The molecule has 8 heteroatoms. The normalized spacial score (nSPS) is 11.5. The van der Waals surface area contributed by atoms with Crippen molar-refractivity contribution < 1.29 is 17.9 Å². The maximum Gasteiger partial charge on any atom is 0.264 e. The van der Waals surface area contributed by atoms with E-state index in [1.165, 1.54) is 22.7 Å². The van der Waals surface area contributed by atoms with Gasteiger partial charge in [-0.05, 0) is 41.8 Å². The van der Waals surface area contributed by atoms with Crippen LogP contribution in [0.4, 0.5) is 5.69 Å². The first-order valence-electron chi connectivity index (χ1n) is 8.28. The SMILES string of the molecule is COCCNC(=O)c1cc2cc(N(C)S(=O)(=O)c3ccccc3)ccc2s1. The summed E-state index contributed by atoms with van der Waals surface area (Å²) >= 11 is 1.37. The number of thiophene rings is 1. The van der Waals surface area contributed by atoms with Gasteiger partial charge in [0.05, 0.1) is 22.1 Å². The number of nitrogens with one attached hydrogen (secondary N) is 1. The Morgan fingerprint density at radius 1 is 1.15 bits per heavy atom. The summed E-state index contributed by atoms with van der Waals surface area (Å²) in [7, 11) is -0.543. The Hall–Kier alpha value is -2.42. The molecule has 142 valence electrons. The van der Waals surface area contributed by atoms with E-state index in [1.807, 2.05) is 6.07 Å². The first-order valence-corrected chi connectivity index (χ1v) is 10.5. The van der Waals surface area contributed by atoms with Gasteiger partial charge in [-0.1, -0.05) is 18.2 Å². The van der Waals surface area contributed by atoms with Crippen molar-refractivity contribution in [2.75, 3.05) is 31.6 Å². The number of carbonyl (C=O) groups is 1. The zero-order valence-electron chi connectivity index (χ0n) is 15.0. The number of amides is 1. The second kappa shape index (κ2) is 8.08. The van der Waals surface area contributed by atoms with Crippen molar-refractivity contribution in [1.82, 2.24) is 5.32 Å². The van der Waals surface area contributed by atoms with Gasteiger partial charge in [-0.3, -0.25) is 9.10 Å². The molecule has 0 aliphatic carbocycles. The number of hydrogen-bond acceptors (Lipinski definition) is 5. The lowest BCUT2D eigenvalue weighted by Crippen LogP contribution is -2.26. The molecule has 0 fully saturated rings. The van der Waals surface area contributed by atoms with Crippen LogP contribution in [0.1, 0.15) is 9.67 Å². The largest absolute Gasteiger partial charge is 0.383 e. The van der Waals surface area contributed by atoms with Crippen molar-refractivity contribution in [1.29, 1.82) is 0 Å². The smallest absolute Gasteiger partial charge is 0.264 e. The summed E-state index contributed by atoms with van der Waals surface area (Å²) in [6.07, 6.45) is 0. The molecule has 0 aliphatic heterocycles. The third-order valence-electron chi connectivity index (χ3n) is 4.08. The Morgan fingerprint density at radius 3 is 2.59 bits per heavy atom. The average Bonchev–Trinajstić information content (AvgIpc) is 3.11. The molecule has 0 aliphatic rings. The van der Waals surface area contributed by atoms with E-state index >= 15 is 0 Å². The molecule has 0 atom stereocenters. The monoisotopic (exact) mass is 404 g/mol. The molecule has 1 heterocycles. The van der Waals surface area contributed by atoms with Crippen LogP contribution in [0.3, 0.4) is 0 Å². The molecule has 3 aromatic rings. The van der Waals surface area contributed by atoms with Gasteiger partial charge < -0.3 is 10.1 Å². The van der Waals surface area contributed by atoms with Gasteiger partial charge in [-0.2, -0.15) is 0 Å². The van der Waals surface area contributed by atoms with Crippen molar-refractivity contribution >= 4 is 43.0 Å². The van der Waals surface area contributed by atoms with E-state index < -0.39 is 10.0 Å². The summed E-state index contributed by atoms with van der Waals surface area (Å²) in [5.74, 6) is -0.167. The molecule has 2 aromatic carbocycles. The van der Waals surface area contributed by atoms with E-state index in [0.29, 0.717) is 23.7 Å². The maximum atomic E-state index is 12.8. The highest BCUT2D eigenvalue weighted by Gasteiger charge is 2.21.